The average Bonchev–Trinajstić information content (AvgIpc) is 2.98. The van der Waals surface area contributed by atoms with Crippen molar-refractivity contribution in [2.75, 3.05) is 0 Å². The summed E-state index contributed by atoms with van der Waals surface area (Å²) in [5.74, 6) is 0.555. The van der Waals surface area contributed by atoms with Crippen LogP contribution in [0.2, 0.25) is 0 Å². The van der Waals surface area contributed by atoms with E-state index in [2.05, 4.69) is 25.9 Å². The van der Waals surface area contributed by atoms with Gasteiger partial charge in [-0.3, -0.25) is 4.68 Å². The lowest BCUT2D eigenvalue weighted by Crippen LogP contribution is -2.38. The van der Waals surface area contributed by atoms with Gasteiger partial charge in [-0.1, -0.05) is 13.8 Å². The lowest BCUT2D eigenvalue weighted by Gasteiger charge is -2.31. The zero-order valence-electron chi connectivity index (χ0n) is 12.3. The summed E-state index contributed by atoms with van der Waals surface area (Å²) < 4.78 is 14.4. The van der Waals surface area contributed by atoms with Crippen LogP contribution in [0.25, 0.3) is 0 Å². The molecule has 1 aromatic rings. The van der Waals surface area contributed by atoms with Gasteiger partial charge in [0.05, 0.1) is 29.6 Å². The summed E-state index contributed by atoms with van der Waals surface area (Å²) in [5.41, 5.74) is 1.07. The maximum absolute atomic E-state index is 6.37. The first-order chi connectivity index (χ1) is 8.95. The van der Waals surface area contributed by atoms with Crippen molar-refractivity contribution in [3.8, 4) is 0 Å². The molecule has 4 nitrogen and oxygen atoms in total. The number of fused-ring (bicyclic) bond motifs is 2. The van der Waals surface area contributed by atoms with Crippen LogP contribution in [0, 0.1) is 5.92 Å². The van der Waals surface area contributed by atoms with Crippen molar-refractivity contribution >= 4 is 0 Å². The van der Waals surface area contributed by atoms with Gasteiger partial charge in [-0.2, -0.15) is 5.10 Å². The number of hydrogen-bond acceptors (Lipinski definition) is 3. The molecule has 2 aliphatic rings. The van der Waals surface area contributed by atoms with Crippen LogP contribution < -0.4 is 0 Å². The van der Waals surface area contributed by atoms with Gasteiger partial charge in [-0.05, 0) is 31.7 Å². The predicted octanol–water partition coefficient (Wildman–Crippen LogP) is 2.67. The molecule has 0 amide bonds. The molecule has 2 unspecified atom stereocenters. The Morgan fingerprint density at radius 3 is 2.89 bits per heavy atom. The van der Waals surface area contributed by atoms with E-state index in [0.29, 0.717) is 12.5 Å². The first kappa shape index (κ1) is 13.1. The summed E-state index contributed by atoms with van der Waals surface area (Å²) in [4.78, 5) is 0. The standard InChI is InChI=1S/C15H24N2O2/c1-11(2)15-7-6-14(3,19-15)13(9-15)18-10-12-5-8-16-17(12)4/h5,8,11,13H,6-7,9-10H2,1-4H3/t13-,14?,15?/m1/s1. The van der Waals surface area contributed by atoms with Gasteiger partial charge >= 0.3 is 0 Å². The third kappa shape index (κ3) is 2.01. The molecule has 2 bridgehead atoms. The monoisotopic (exact) mass is 264 g/mol. The van der Waals surface area contributed by atoms with Crippen LogP contribution in [-0.2, 0) is 23.1 Å². The molecule has 0 radical (unpaired) electrons. The van der Waals surface area contributed by atoms with Crippen LogP contribution in [0.3, 0.4) is 0 Å². The molecular weight excluding hydrogens is 240 g/mol. The number of rotatable bonds is 4. The number of hydrogen-bond donors (Lipinski definition) is 0. The molecule has 3 heterocycles. The summed E-state index contributed by atoms with van der Waals surface area (Å²) >= 11 is 0. The first-order valence-corrected chi connectivity index (χ1v) is 7.24. The van der Waals surface area contributed by atoms with Crippen LogP contribution in [-0.4, -0.2) is 27.1 Å². The zero-order chi connectivity index (χ0) is 13.7. The quantitative estimate of drug-likeness (QED) is 0.839. The Balaban J connectivity index is 1.69. The van der Waals surface area contributed by atoms with Crippen LogP contribution in [0.15, 0.2) is 12.3 Å². The smallest absolute Gasteiger partial charge is 0.0925 e. The second-order valence-electron chi connectivity index (χ2n) is 6.58. The van der Waals surface area contributed by atoms with E-state index < -0.39 is 0 Å². The Hall–Kier alpha value is -0.870. The Morgan fingerprint density at radius 2 is 2.32 bits per heavy atom. The van der Waals surface area contributed by atoms with E-state index in [1.54, 1.807) is 0 Å². The molecule has 0 saturated carbocycles. The van der Waals surface area contributed by atoms with E-state index in [4.69, 9.17) is 9.47 Å². The molecule has 3 rings (SSSR count). The van der Waals surface area contributed by atoms with E-state index in [0.717, 1.165) is 18.5 Å². The van der Waals surface area contributed by atoms with Crippen molar-refractivity contribution in [1.29, 1.82) is 0 Å². The fourth-order valence-corrected chi connectivity index (χ4v) is 3.53. The van der Waals surface area contributed by atoms with Crippen LogP contribution in [0.1, 0.15) is 45.7 Å². The highest BCUT2D eigenvalue weighted by atomic mass is 16.6. The molecule has 19 heavy (non-hydrogen) atoms. The maximum Gasteiger partial charge on any atom is 0.0925 e. The third-order valence-corrected chi connectivity index (χ3v) is 5.10. The summed E-state index contributed by atoms with van der Waals surface area (Å²) in [5, 5.41) is 4.17. The van der Waals surface area contributed by atoms with Gasteiger partial charge in [0, 0.05) is 19.7 Å². The van der Waals surface area contributed by atoms with Gasteiger partial charge in [-0.25, -0.2) is 0 Å². The third-order valence-electron chi connectivity index (χ3n) is 5.10. The van der Waals surface area contributed by atoms with Crippen molar-refractivity contribution in [2.24, 2.45) is 13.0 Å². The fraction of sp³-hybridized carbons (Fsp3) is 0.800. The second kappa shape index (κ2) is 4.32. The lowest BCUT2D eigenvalue weighted by atomic mass is 9.75. The summed E-state index contributed by atoms with van der Waals surface area (Å²) in [6.07, 6.45) is 5.33. The number of ether oxygens (including phenoxy) is 2. The first-order valence-electron chi connectivity index (χ1n) is 7.24. The molecule has 0 spiro atoms. The second-order valence-corrected chi connectivity index (χ2v) is 6.58. The van der Waals surface area contributed by atoms with Crippen LogP contribution in [0.5, 0.6) is 0 Å². The van der Waals surface area contributed by atoms with Gasteiger partial charge in [0.1, 0.15) is 0 Å². The van der Waals surface area contributed by atoms with Crippen molar-refractivity contribution in [3.63, 3.8) is 0 Å². The van der Waals surface area contributed by atoms with Crippen molar-refractivity contribution in [3.05, 3.63) is 18.0 Å². The SMILES string of the molecule is CC(C)C12CCC(C)(O1)[C@H](OCc1ccnn1C)C2. The Bertz CT molecular complexity index is 470. The average molecular weight is 264 g/mol. The van der Waals surface area contributed by atoms with Gasteiger partial charge in [0.2, 0.25) is 0 Å². The summed E-state index contributed by atoms with van der Waals surface area (Å²) in [6.45, 7) is 7.34. The van der Waals surface area contributed by atoms with E-state index in [1.807, 2.05) is 24.0 Å². The topological polar surface area (TPSA) is 36.3 Å². The molecular formula is C15H24N2O2. The number of aryl methyl sites for hydroxylation is 1. The van der Waals surface area contributed by atoms with Crippen molar-refractivity contribution < 1.29 is 9.47 Å². The van der Waals surface area contributed by atoms with E-state index in [1.165, 1.54) is 6.42 Å². The van der Waals surface area contributed by atoms with Crippen molar-refractivity contribution in [1.82, 2.24) is 9.78 Å². The molecule has 1 aromatic heterocycles. The van der Waals surface area contributed by atoms with Gasteiger partial charge < -0.3 is 9.47 Å². The zero-order valence-corrected chi connectivity index (χ0v) is 12.3. The number of aromatic nitrogens is 2. The highest BCUT2D eigenvalue weighted by Crippen LogP contribution is 2.55. The van der Waals surface area contributed by atoms with Crippen LogP contribution in [0.4, 0.5) is 0 Å². The molecule has 0 N–H and O–H groups in total. The Morgan fingerprint density at radius 1 is 1.53 bits per heavy atom. The summed E-state index contributed by atoms with van der Waals surface area (Å²) in [6, 6.07) is 2.01. The Labute approximate surface area is 115 Å². The van der Waals surface area contributed by atoms with Gasteiger partial charge in [0.25, 0.3) is 0 Å². The van der Waals surface area contributed by atoms with E-state index in [9.17, 15) is 0 Å². The molecule has 2 saturated heterocycles. The maximum atomic E-state index is 6.37. The minimum Gasteiger partial charge on any atom is -0.369 e. The van der Waals surface area contributed by atoms with Crippen LogP contribution >= 0.6 is 0 Å². The highest BCUT2D eigenvalue weighted by Gasteiger charge is 2.60. The Kier molecular flexibility index (Phi) is 2.98. The van der Waals surface area contributed by atoms with Crippen molar-refractivity contribution in [2.45, 2.75) is 63.9 Å². The predicted molar refractivity (Wildman–Crippen MR) is 72.7 cm³/mol. The van der Waals surface area contributed by atoms with E-state index in [-0.39, 0.29) is 17.3 Å². The normalized spacial score (nSPS) is 37.4. The lowest BCUT2D eigenvalue weighted by molar-refractivity contribution is -0.0965. The molecule has 3 atom stereocenters. The van der Waals surface area contributed by atoms with E-state index >= 15 is 0 Å². The molecule has 4 heteroatoms. The minimum absolute atomic E-state index is 0.0475. The molecule has 2 aliphatic heterocycles. The summed E-state index contributed by atoms with van der Waals surface area (Å²) in [7, 11) is 1.95. The molecule has 106 valence electrons. The highest BCUT2D eigenvalue weighted by molar-refractivity contribution is 5.10. The largest absolute Gasteiger partial charge is 0.369 e. The minimum atomic E-state index is -0.0944. The molecule has 2 fully saturated rings. The van der Waals surface area contributed by atoms with Gasteiger partial charge in [-0.15, -0.1) is 0 Å². The van der Waals surface area contributed by atoms with Gasteiger partial charge in [0.15, 0.2) is 0 Å². The molecule has 0 aromatic carbocycles. The fourth-order valence-electron chi connectivity index (χ4n) is 3.53. The number of nitrogens with zero attached hydrogens (tertiary/aromatic N) is 2. The molecule has 0 aliphatic carbocycles.